The van der Waals surface area contributed by atoms with E-state index in [4.69, 9.17) is 11.6 Å². The van der Waals surface area contributed by atoms with E-state index in [2.05, 4.69) is 23.2 Å². The van der Waals surface area contributed by atoms with Gasteiger partial charge in [0, 0.05) is 30.2 Å². The maximum atomic E-state index is 9.26. The summed E-state index contributed by atoms with van der Waals surface area (Å²) in [6.45, 7) is 5.09. The Morgan fingerprint density at radius 3 is 2.67 bits per heavy atom. The number of nitrogens with one attached hydrogen (secondary N) is 1. The van der Waals surface area contributed by atoms with Crippen LogP contribution in [0.2, 0.25) is 5.02 Å². The zero-order chi connectivity index (χ0) is 15.1. The first kappa shape index (κ1) is 16.8. The van der Waals surface area contributed by atoms with Gasteiger partial charge in [0.2, 0.25) is 0 Å². The molecule has 1 aliphatic carbocycles. The molecule has 4 heteroatoms. The normalized spacial score (nSPS) is 17.0. The van der Waals surface area contributed by atoms with E-state index in [9.17, 15) is 5.11 Å². The first-order chi connectivity index (χ1) is 10.3. The van der Waals surface area contributed by atoms with E-state index in [1.54, 1.807) is 0 Å². The summed E-state index contributed by atoms with van der Waals surface area (Å²) in [5.74, 6) is 0. The lowest BCUT2D eigenvalue weighted by Gasteiger charge is -2.38. The number of hydrogen-bond donors (Lipinski definition) is 2. The lowest BCUT2D eigenvalue weighted by atomic mass is 9.91. The Kier molecular flexibility index (Phi) is 6.97. The Morgan fingerprint density at radius 2 is 2.10 bits per heavy atom. The van der Waals surface area contributed by atoms with E-state index < -0.39 is 0 Å². The van der Waals surface area contributed by atoms with Gasteiger partial charge < -0.3 is 10.4 Å². The number of hydrogen-bond acceptors (Lipinski definition) is 3. The molecule has 1 aromatic carbocycles. The third-order valence-electron chi connectivity index (χ3n) is 4.41. The second-order valence-corrected chi connectivity index (χ2v) is 6.17. The molecule has 1 unspecified atom stereocenters. The van der Waals surface area contributed by atoms with E-state index in [1.807, 2.05) is 18.2 Å². The van der Waals surface area contributed by atoms with Crippen LogP contribution < -0.4 is 5.32 Å². The molecule has 0 aromatic heterocycles. The van der Waals surface area contributed by atoms with Crippen LogP contribution >= 0.6 is 11.6 Å². The van der Waals surface area contributed by atoms with Gasteiger partial charge in [0.05, 0.1) is 6.61 Å². The second kappa shape index (κ2) is 8.74. The van der Waals surface area contributed by atoms with Crippen molar-refractivity contribution in [1.82, 2.24) is 10.2 Å². The predicted molar refractivity (Wildman–Crippen MR) is 88.8 cm³/mol. The molecule has 0 radical (unpaired) electrons. The number of aliphatic hydroxyl groups excluding tert-OH is 1. The van der Waals surface area contributed by atoms with Crippen molar-refractivity contribution in [1.29, 1.82) is 0 Å². The SMILES string of the molecule is CCNC(CCN(CCO)C1CCC1)c1ccccc1Cl. The van der Waals surface area contributed by atoms with E-state index in [0.29, 0.717) is 6.04 Å². The standard InChI is InChI=1S/C17H27ClN2O/c1-2-19-17(15-8-3-4-9-16(15)18)10-11-20(12-13-21)14-6-5-7-14/h3-4,8-9,14,17,19,21H,2,5-7,10-13H2,1H3. The van der Waals surface area contributed by atoms with Gasteiger partial charge in [-0.3, -0.25) is 4.90 Å². The lowest BCUT2D eigenvalue weighted by molar-refractivity contribution is 0.0969. The Balaban J connectivity index is 1.97. The van der Waals surface area contributed by atoms with Crippen molar-refractivity contribution in [3.8, 4) is 0 Å². The van der Waals surface area contributed by atoms with Crippen LogP contribution in [0.5, 0.6) is 0 Å². The molecule has 0 heterocycles. The monoisotopic (exact) mass is 310 g/mol. The van der Waals surface area contributed by atoms with Crippen LogP contribution in [0.4, 0.5) is 0 Å². The first-order valence-corrected chi connectivity index (χ1v) is 8.46. The van der Waals surface area contributed by atoms with E-state index in [0.717, 1.165) is 31.1 Å². The van der Waals surface area contributed by atoms with Crippen molar-refractivity contribution >= 4 is 11.6 Å². The topological polar surface area (TPSA) is 35.5 Å². The first-order valence-electron chi connectivity index (χ1n) is 8.09. The van der Waals surface area contributed by atoms with Crippen LogP contribution in [0.3, 0.4) is 0 Å². The molecule has 1 atom stereocenters. The maximum absolute atomic E-state index is 9.26. The van der Waals surface area contributed by atoms with Gasteiger partial charge in [-0.15, -0.1) is 0 Å². The molecule has 2 rings (SSSR count). The molecule has 3 nitrogen and oxygen atoms in total. The summed E-state index contributed by atoms with van der Waals surface area (Å²) in [5, 5.41) is 13.6. The summed E-state index contributed by atoms with van der Waals surface area (Å²) >= 11 is 6.34. The number of aliphatic hydroxyl groups is 1. The van der Waals surface area contributed by atoms with Crippen LogP contribution in [0, 0.1) is 0 Å². The van der Waals surface area contributed by atoms with Crippen molar-refractivity contribution in [2.75, 3.05) is 26.2 Å². The summed E-state index contributed by atoms with van der Waals surface area (Å²) in [5.41, 5.74) is 1.18. The van der Waals surface area contributed by atoms with Crippen molar-refractivity contribution < 1.29 is 5.11 Å². The molecule has 1 fully saturated rings. The molecule has 2 N–H and O–H groups in total. The number of rotatable bonds is 9. The molecule has 1 saturated carbocycles. The zero-order valence-corrected chi connectivity index (χ0v) is 13.6. The quantitative estimate of drug-likeness (QED) is 0.735. The summed E-state index contributed by atoms with van der Waals surface area (Å²) < 4.78 is 0. The Labute approximate surface area is 133 Å². The van der Waals surface area contributed by atoms with Gasteiger partial charge >= 0.3 is 0 Å². The lowest BCUT2D eigenvalue weighted by Crippen LogP contribution is -2.43. The van der Waals surface area contributed by atoms with Crippen LogP contribution in [0.25, 0.3) is 0 Å². The molecular weight excluding hydrogens is 284 g/mol. The van der Waals surface area contributed by atoms with Crippen LogP contribution in [-0.4, -0.2) is 42.3 Å². The van der Waals surface area contributed by atoms with Crippen LogP contribution in [0.15, 0.2) is 24.3 Å². The molecule has 21 heavy (non-hydrogen) atoms. The number of benzene rings is 1. The molecule has 0 spiro atoms. The fraction of sp³-hybridized carbons (Fsp3) is 0.647. The number of nitrogens with zero attached hydrogens (tertiary/aromatic N) is 1. The minimum Gasteiger partial charge on any atom is -0.395 e. The third-order valence-corrected chi connectivity index (χ3v) is 4.76. The fourth-order valence-corrected chi connectivity index (χ4v) is 3.29. The highest BCUT2D eigenvalue weighted by molar-refractivity contribution is 6.31. The minimum atomic E-state index is 0.245. The summed E-state index contributed by atoms with van der Waals surface area (Å²) in [4.78, 5) is 2.44. The van der Waals surface area contributed by atoms with Crippen molar-refractivity contribution in [3.05, 3.63) is 34.9 Å². The van der Waals surface area contributed by atoms with Crippen LogP contribution in [-0.2, 0) is 0 Å². The summed E-state index contributed by atoms with van der Waals surface area (Å²) in [6.07, 6.45) is 4.90. The molecular formula is C17H27ClN2O. The molecule has 0 bridgehead atoms. The molecule has 0 aliphatic heterocycles. The molecule has 0 saturated heterocycles. The van der Waals surface area contributed by atoms with Crippen LogP contribution in [0.1, 0.15) is 44.2 Å². The number of halogens is 1. The average Bonchev–Trinajstić information content (AvgIpc) is 2.42. The predicted octanol–water partition coefficient (Wildman–Crippen LogP) is 3.23. The van der Waals surface area contributed by atoms with Gasteiger partial charge in [-0.05, 0) is 37.4 Å². The van der Waals surface area contributed by atoms with E-state index >= 15 is 0 Å². The Hall–Kier alpha value is -0.610. The minimum absolute atomic E-state index is 0.245. The highest BCUT2D eigenvalue weighted by Crippen LogP contribution is 2.28. The zero-order valence-electron chi connectivity index (χ0n) is 12.9. The molecule has 118 valence electrons. The summed E-state index contributed by atoms with van der Waals surface area (Å²) in [7, 11) is 0. The van der Waals surface area contributed by atoms with Gasteiger partial charge in [0.1, 0.15) is 0 Å². The van der Waals surface area contributed by atoms with E-state index in [1.165, 1.54) is 24.8 Å². The summed E-state index contributed by atoms with van der Waals surface area (Å²) in [6, 6.07) is 9.04. The largest absolute Gasteiger partial charge is 0.395 e. The van der Waals surface area contributed by atoms with Gasteiger partial charge in [-0.1, -0.05) is 43.1 Å². The Bertz CT molecular complexity index is 423. The highest BCUT2D eigenvalue weighted by atomic mass is 35.5. The average molecular weight is 311 g/mol. The molecule has 1 aromatic rings. The fourth-order valence-electron chi connectivity index (χ4n) is 3.02. The second-order valence-electron chi connectivity index (χ2n) is 5.76. The van der Waals surface area contributed by atoms with Gasteiger partial charge in [0.15, 0.2) is 0 Å². The highest BCUT2D eigenvalue weighted by Gasteiger charge is 2.25. The van der Waals surface area contributed by atoms with Gasteiger partial charge in [0.25, 0.3) is 0 Å². The van der Waals surface area contributed by atoms with Crippen molar-refractivity contribution in [3.63, 3.8) is 0 Å². The van der Waals surface area contributed by atoms with Crippen molar-refractivity contribution in [2.45, 2.75) is 44.7 Å². The van der Waals surface area contributed by atoms with Gasteiger partial charge in [-0.2, -0.15) is 0 Å². The molecule has 1 aliphatic rings. The van der Waals surface area contributed by atoms with Gasteiger partial charge in [-0.25, -0.2) is 0 Å². The molecule has 0 amide bonds. The van der Waals surface area contributed by atoms with E-state index in [-0.39, 0.29) is 12.6 Å². The Morgan fingerprint density at radius 1 is 1.33 bits per heavy atom. The maximum Gasteiger partial charge on any atom is 0.0558 e. The van der Waals surface area contributed by atoms with Crippen molar-refractivity contribution in [2.24, 2.45) is 0 Å². The third kappa shape index (κ3) is 4.68. The smallest absolute Gasteiger partial charge is 0.0558 e.